The lowest BCUT2D eigenvalue weighted by Gasteiger charge is -2.28. The summed E-state index contributed by atoms with van der Waals surface area (Å²) in [5, 5.41) is 2.80. The first-order valence-electron chi connectivity index (χ1n) is 5.87. The van der Waals surface area contributed by atoms with Crippen molar-refractivity contribution >= 4 is 20.7 Å². The Morgan fingerprint density at radius 2 is 2.00 bits per heavy atom. The zero-order valence-corrected chi connectivity index (χ0v) is 13.1. The molecule has 0 fully saturated rings. The molecule has 1 aromatic rings. The molecule has 0 saturated heterocycles. The first-order valence-corrected chi connectivity index (χ1v) is 6.66. The van der Waals surface area contributed by atoms with Crippen LogP contribution in [-0.4, -0.2) is 18.5 Å². The number of benzene rings is 1. The van der Waals surface area contributed by atoms with Crippen molar-refractivity contribution in [3.63, 3.8) is 0 Å². The van der Waals surface area contributed by atoms with Gasteiger partial charge in [-0.2, -0.15) is 0 Å². The highest BCUT2D eigenvalue weighted by Crippen LogP contribution is 2.34. The van der Waals surface area contributed by atoms with Crippen LogP contribution in [0.1, 0.15) is 30.5 Å². The first kappa shape index (κ1) is 15.0. The fourth-order valence-electron chi connectivity index (χ4n) is 2.11. The van der Waals surface area contributed by atoms with E-state index in [1.54, 1.807) is 7.11 Å². The molecular formula is C14H20BrNO2. The summed E-state index contributed by atoms with van der Waals surface area (Å²) in [4.78, 5) is 10.8. The molecule has 0 aliphatic rings. The molecule has 0 radical (unpaired) electrons. The molecule has 0 bridgehead atoms. The zero-order valence-electron chi connectivity index (χ0n) is 11.6. The number of carbonyl (C=O) groups excluding carboxylic acids is 1. The number of halogens is 1. The molecular weight excluding hydrogens is 294 g/mol. The summed E-state index contributed by atoms with van der Waals surface area (Å²) in [6.45, 7) is 8.83. The average Bonchev–Trinajstić information content (AvgIpc) is 2.25. The molecule has 1 aromatic carbocycles. The lowest BCUT2D eigenvalue weighted by Crippen LogP contribution is -2.34. The molecule has 0 saturated carbocycles. The molecule has 0 aliphatic heterocycles. The highest BCUT2D eigenvalue weighted by atomic mass is 79.9. The number of aryl methyl sites for hydroxylation is 2. The summed E-state index contributed by atoms with van der Waals surface area (Å²) in [6.07, 6.45) is 0. The van der Waals surface area contributed by atoms with Gasteiger partial charge in [0.2, 0.25) is 0 Å². The smallest absolute Gasteiger partial charge is 0.287 e. The van der Waals surface area contributed by atoms with Gasteiger partial charge in [-0.3, -0.25) is 4.79 Å². The van der Waals surface area contributed by atoms with Gasteiger partial charge >= 0.3 is 0 Å². The second-order valence-electron chi connectivity index (χ2n) is 5.17. The number of ether oxygens (including phenoxy) is 1. The number of nitrogens with one attached hydrogen (secondary N) is 1. The van der Waals surface area contributed by atoms with E-state index in [9.17, 15) is 4.79 Å². The number of methoxy groups -OCH3 is 1. The Morgan fingerprint density at radius 1 is 1.39 bits per heavy atom. The van der Waals surface area contributed by atoms with Gasteiger partial charge in [0.1, 0.15) is 5.75 Å². The van der Waals surface area contributed by atoms with E-state index in [2.05, 4.69) is 54.2 Å². The summed E-state index contributed by atoms with van der Waals surface area (Å²) in [6, 6.07) is 4.22. The topological polar surface area (TPSA) is 38.3 Å². The summed E-state index contributed by atoms with van der Waals surface area (Å²) < 4.78 is 5.50. The van der Waals surface area contributed by atoms with Crippen molar-refractivity contribution in [2.45, 2.75) is 33.1 Å². The van der Waals surface area contributed by atoms with Gasteiger partial charge in [-0.25, -0.2) is 0 Å². The third-order valence-electron chi connectivity index (χ3n) is 3.02. The molecule has 1 rings (SSSR count). The third kappa shape index (κ3) is 3.48. The van der Waals surface area contributed by atoms with Gasteiger partial charge in [0.25, 0.3) is 4.82 Å². The van der Waals surface area contributed by atoms with E-state index in [-0.39, 0.29) is 10.2 Å². The van der Waals surface area contributed by atoms with Crippen molar-refractivity contribution in [3.8, 4) is 5.75 Å². The van der Waals surface area contributed by atoms with Gasteiger partial charge in [0.05, 0.1) is 7.11 Å². The van der Waals surface area contributed by atoms with Crippen LogP contribution in [-0.2, 0) is 5.41 Å². The lowest BCUT2D eigenvalue weighted by molar-refractivity contribution is 0.259. The van der Waals surface area contributed by atoms with Crippen LogP contribution in [0.25, 0.3) is 0 Å². The van der Waals surface area contributed by atoms with Crippen molar-refractivity contribution in [1.82, 2.24) is 5.32 Å². The molecule has 0 aliphatic carbocycles. The summed E-state index contributed by atoms with van der Waals surface area (Å²) in [5.41, 5.74) is 3.24. The van der Waals surface area contributed by atoms with Crippen LogP contribution < -0.4 is 10.1 Å². The van der Waals surface area contributed by atoms with Crippen LogP contribution in [0.4, 0.5) is 4.79 Å². The number of amides is 1. The number of hydrogen-bond acceptors (Lipinski definition) is 2. The van der Waals surface area contributed by atoms with E-state index in [0.717, 1.165) is 16.9 Å². The minimum Gasteiger partial charge on any atom is -0.496 e. The Labute approximate surface area is 117 Å². The van der Waals surface area contributed by atoms with Gasteiger partial charge in [0.15, 0.2) is 0 Å². The maximum atomic E-state index is 11.0. The normalized spacial score (nSPS) is 11.2. The third-order valence-corrected chi connectivity index (χ3v) is 3.30. The monoisotopic (exact) mass is 313 g/mol. The largest absolute Gasteiger partial charge is 0.496 e. The fourth-order valence-corrected chi connectivity index (χ4v) is 2.25. The van der Waals surface area contributed by atoms with E-state index in [0.29, 0.717) is 6.54 Å². The molecule has 0 heterocycles. The predicted octanol–water partition coefficient (Wildman–Crippen LogP) is 3.69. The summed E-state index contributed by atoms with van der Waals surface area (Å²) in [7, 11) is 1.68. The zero-order chi connectivity index (χ0) is 13.9. The molecule has 3 nitrogen and oxygen atoms in total. The van der Waals surface area contributed by atoms with Crippen LogP contribution in [0.15, 0.2) is 12.1 Å². The van der Waals surface area contributed by atoms with Crippen molar-refractivity contribution in [2.24, 2.45) is 0 Å². The SMILES string of the molecule is COc1c(C)cc(C)cc1C(C)(C)CNC(=O)Br. The van der Waals surface area contributed by atoms with Crippen LogP contribution in [0.3, 0.4) is 0 Å². The molecule has 0 aromatic heterocycles. The number of carbonyl (C=O) groups is 1. The van der Waals surface area contributed by atoms with Gasteiger partial charge in [-0.05, 0) is 19.4 Å². The number of hydrogen-bond donors (Lipinski definition) is 1. The second-order valence-corrected chi connectivity index (χ2v) is 5.89. The quantitative estimate of drug-likeness (QED) is 0.680. The average molecular weight is 314 g/mol. The van der Waals surface area contributed by atoms with Crippen molar-refractivity contribution in [1.29, 1.82) is 0 Å². The minimum absolute atomic E-state index is 0.189. The Balaban J connectivity index is 3.17. The van der Waals surface area contributed by atoms with Crippen LogP contribution in [0, 0.1) is 13.8 Å². The maximum absolute atomic E-state index is 11.0. The summed E-state index contributed by atoms with van der Waals surface area (Å²) >= 11 is 2.88. The first-order chi connectivity index (χ1) is 8.27. The van der Waals surface area contributed by atoms with Gasteiger partial charge in [0, 0.05) is 33.5 Å². The van der Waals surface area contributed by atoms with Gasteiger partial charge in [-0.15, -0.1) is 0 Å². The predicted molar refractivity (Wildman–Crippen MR) is 77.8 cm³/mol. The molecule has 0 atom stereocenters. The highest BCUT2D eigenvalue weighted by Gasteiger charge is 2.26. The molecule has 18 heavy (non-hydrogen) atoms. The van der Waals surface area contributed by atoms with Gasteiger partial charge in [-0.1, -0.05) is 31.5 Å². The molecule has 100 valence electrons. The summed E-state index contributed by atoms with van der Waals surface area (Å²) in [5.74, 6) is 0.898. The fraction of sp³-hybridized carbons (Fsp3) is 0.500. The van der Waals surface area contributed by atoms with E-state index in [1.807, 2.05) is 6.92 Å². The van der Waals surface area contributed by atoms with E-state index >= 15 is 0 Å². The van der Waals surface area contributed by atoms with Crippen molar-refractivity contribution < 1.29 is 9.53 Å². The Morgan fingerprint density at radius 3 is 2.50 bits per heavy atom. The maximum Gasteiger partial charge on any atom is 0.287 e. The minimum atomic E-state index is -0.195. The Kier molecular flexibility index (Phi) is 4.79. The Bertz CT molecular complexity index is 455. The lowest BCUT2D eigenvalue weighted by atomic mass is 9.82. The highest BCUT2D eigenvalue weighted by molar-refractivity contribution is 9.18. The molecule has 0 unspecified atom stereocenters. The van der Waals surface area contributed by atoms with Crippen LogP contribution in [0.2, 0.25) is 0 Å². The standard InChI is InChI=1S/C14H20BrNO2/c1-9-6-10(2)12(18-5)11(7-9)14(3,4)8-16-13(15)17/h6-7H,8H2,1-5H3,(H,16,17). The molecule has 0 spiro atoms. The van der Waals surface area contributed by atoms with E-state index in [4.69, 9.17) is 4.74 Å². The van der Waals surface area contributed by atoms with Crippen molar-refractivity contribution in [2.75, 3.05) is 13.7 Å². The second kappa shape index (κ2) is 5.74. The molecule has 4 heteroatoms. The van der Waals surface area contributed by atoms with Gasteiger partial charge < -0.3 is 10.1 Å². The van der Waals surface area contributed by atoms with Crippen LogP contribution in [0.5, 0.6) is 5.75 Å². The van der Waals surface area contributed by atoms with E-state index < -0.39 is 0 Å². The number of rotatable bonds is 4. The van der Waals surface area contributed by atoms with Crippen molar-refractivity contribution in [3.05, 3.63) is 28.8 Å². The van der Waals surface area contributed by atoms with Crippen LogP contribution >= 0.6 is 15.9 Å². The molecule has 1 N–H and O–H groups in total. The Hall–Kier alpha value is -1.03. The van der Waals surface area contributed by atoms with E-state index in [1.165, 1.54) is 5.56 Å². The molecule has 1 amide bonds.